The zero-order chi connectivity index (χ0) is 14.0. The number of nitrogens with one attached hydrogen (secondary N) is 2. The van der Waals surface area contributed by atoms with Crippen molar-refractivity contribution in [2.24, 2.45) is 0 Å². The number of hydrogen-bond donors (Lipinski definition) is 2. The third-order valence-corrected chi connectivity index (χ3v) is 3.67. The lowest BCUT2D eigenvalue weighted by Crippen LogP contribution is -2.45. The van der Waals surface area contributed by atoms with E-state index in [9.17, 15) is 14.5 Å². The van der Waals surface area contributed by atoms with Crippen molar-refractivity contribution in [3.8, 4) is 0 Å². The molecule has 104 valence electrons. The lowest BCUT2D eigenvalue weighted by atomic mass is 9.90. The molecule has 0 radical (unpaired) electrons. The Bertz CT molecular complexity index is 504. The van der Waals surface area contributed by atoms with Gasteiger partial charge >= 0.3 is 0 Å². The highest BCUT2D eigenvalue weighted by Gasteiger charge is 2.29. The van der Waals surface area contributed by atoms with Crippen LogP contribution in [-0.2, 0) is 0 Å². The van der Waals surface area contributed by atoms with Crippen molar-refractivity contribution in [1.29, 1.82) is 0 Å². The van der Waals surface area contributed by atoms with Crippen molar-refractivity contribution >= 4 is 23.0 Å². The molecule has 19 heavy (non-hydrogen) atoms. The molecule has 0 bridgehead atoms. The smallest absolute Gasteiger partial charge is 0.294 e. The number of nitrogens with zero attached hydrogens (tertiary/aromatic N) is 1. The van der Waals surface area contributed by atoms with Gasteiger partial charge in [0.2, 0.25) is 0 Å². The van der Waals surface area contributed by atoms with E-state index in [1.54, 1.807) is 0 Å². The van der Waals surface area contributed by atoms with Gasteiger partial charge in [-0.2, -0.15) is 0 Å². The van der Waals surface area contributed by atoms with Gasteiger partial charge in [-0.05, 0) is 32.9 Å². The number of anilines is 1. The van der Waals surface area contributed by atoms with Crippen LogP contribution in [0.25, 0.3) is 0 Å². The maximum Gasteiger partial charge on any atom is 0.294 e. The quantitative estimate of drug-likeness (QED) is 0.662. The predicted molar refractivity (Wildman–Crippen MR) is 72.2 cm³/mol. The van der Waals surface area contributed by atoms with Crippen molar-refractivity contribution < 1.29 is 9.31 Å². The first-order valence-electron chi connectivity index (χ1n) is 6.04. The van der Waals surface area contributed by atoms with Gasteiger partial charge in [-0.3, -0.25) is 10.1 Å². The Balaban J connectivity index is 2.33. The lowest BCUT2D eigenvalue weighted by Gasteiger charge is -2.35. The highest BCUT2D eigenvalue weighted by atomic mass is 35.5. The molecule has 1 aliphatic rings. The molecule has 5 nitrogen and oxygen atoms in total. The zero-order valence-electron chi connectivity index (χ0n) is 10.5. The Morgan fingerprint density at radius 2 is 2.11 bits per heavy atom. The fourth-order valence-corrected chi connectivity index (χ4v) is 2.37. The van der Waals surface area contributed by atoms with Crippen LogP contribution in [0.3, 0.4) is 0 Å². The van der Waals surface area contributed by atoms with Gasteiger partial charge in [-0.25, -0.2) is 4.39 Å². The summed E-state index contributed by atoms with van der Waals surface area (Å²) in [6.07, 6.45) is 1.63. The van der Waals surface area contributed by atoms with Crippen LogP contribution in [0.4, 0.5) is 15.8 Å². The van der Waals surface area contributed by atoms with Crippen LogP contribution < -0.4 is 10.6 Å². The standard InChI is InChI=1S/C12H15ClFN3O2/c1-12(2-4-15-5-3-12)16-10-7-9(14)8(13)6-11(10)17(18)19/h6-7,15-16H,2-5H2,1H3. The van der Waals surface area contributed by atoms with Crippen molar-refractivity contribution in [3.05, 3.63) is 33.1 Å². The average Bonchev–Trinajstić information content (AvgIpc) is 2.33. The summed E-state index contributed by atoms with van der Waals surface area (Å²) in [5.41, 5.74) is -0.307. The lowest BCUT2D eigenvalue weighted by molar-refractivity contribution is -0.384. The summed E-state index contributed by atoms with van der Waals surface area (Å²) in [5, 5.41) is 17.1. The molecule has 1 saturated heterocycles. The molecule has 1 heterocycles. The maximum atomic E-state index is 13.5. The van der Waals surface area contributed by atoms with Gasteiger partial charge in [-0.1, -0.05) is 11.6 Å². The molecule has 2 rings (SSSR count). The average molecular weight is 288 g/mol. The first-order chi connectivity index (χ1) is 8.91. The molecular formula is C12H15ClFN3O2. The van der Waals surface area contributed by atoms with Gasteiger partial charge < -0.3 is 10.6 Å². The largest absolute Gasteiger partial charge is 0.374 e. The topological polar surface area (TPSA) is 67.2 Å². The molecule has 0 saturated carbocycles. The highest BCUT2D eigenvalue weighted by Crippen LogP contribution is 2.34. The summed E-state index contributed by atoms with van der Waals surface area (Å²) in [5.74, 6) is -0.660. The number of nitro benzene ring substituents is 1. The van der Waals surface area contributed by atoms with E-state index in [1.807, 2.05) is 6.92 Å². The van der Waals surface area contributed by atoms with Crippen LogP contribution in [0.5, 0.6) is 0 Å². The molecule has 1 aliphatic heterocycles. The molecule has 1 fully saturated rings. The Morgan fingerprint density at radius 3 is 2.68 bits per heavy atom. The Labute approximate surface area is 115 Å². The zero-order valence-corrected chi connectivity index (χ0v) is 11.3. The number of benzene rings is 1. The van der Waals surface area contributed by atoms with E-state index in [0.717, 1.165) is 38.1 Å². The van der Waals surface area contributed by atoms with Gasteiger partial charge in [0.25, 0.3) is 5.69 Å². The number of hydrogen-bond acceptors (Lipinski definition) is 4. The molecule has 0 spiro atoms. The van der Waals surface area contributed by atoms with Crippen LogP contribution in [0.15, 0.2) is 12.1 Å². The third-order valence-electron chi connectivity index (χ3n) is 3.38. The second-order valence-electron chi connectivity index (χ2n) is 4.98. The first kappa shape index (κ1) is 14.0. The van der Waals surface area contributed by atoms with Gasteiger partial charge in [0.15, 0.2) is 0 Å². The van der Waals surface area contributed by atoms with Crippen LogP contribution in [-0.4, -0.2) is 23.6 Å². The summed E-state index contributed by atoms with van der Waals surface area (Å²) in [6.45, 7) is 3.63. The SMILES string of the molecule is CC1(Nc2cc(F)c(Cl)cc2[N+](=O)[O-])CCNCC1. The van der Waals surface area contributed by atoms with E-state index in [4.69, 9.17) is 11.6 Å². The Morgan fingerprint density at radius 1 is 1.47 bits per heavy atom. The monoisotopic (exact) mass is 287 g/mol. The Hall–Kier alpha value is -1.40. The number of rotatable bonds is 3. The number of nitro groups is 1. The summed E-state index contributed by atoms with van der Waals surface area (Å²) >= 11 is 5.59. The molecule has 0 aliphatic carbocycles. The van der Waals surface area contributed by atoms with E-state index in [2.05, 4.69) is 10.6 Å². The molecule has 0 aromatic heterocycles. The first-order valence-corrected chi connectivity index (χ1v) is 6.41. The molecule has 7 heteroatoms. The van der Waals surface area contributed by atoms with Crippen LogP contribution in [0.2, 0.25) is 5.02 Å². The second-order valence-corrected chi connectivity index (χ2v) is 5.38. The summed E-state index contributed by atoms with van der Waals surface area (Å²) in [6, 6.07) is 2.14. The second kappa shape index (κ2) is 5.30. The molecule has 0 atom stereocenters. The fourth-order valence-electron chi connectivity index (χ4n) is 2.22. The van der Waals surface area contributed by atoms with Crippen LogP contribution >= 0.6 is 11.6 Å². The van der Waals surface area contributed by atoms with E-state index < -0.39 is 10.7 Å². The van der Waals surface area contributed by atoms with Gasteiger partial charge in [0.1, 0.15) is 11.5 Å². The molecule has 0 unspecified atom stereocenters. The molecule has 0 amide bonds. The minimum Gasteiger partial charge on any atom is -0.374 e. The Kier molecular flexibility index (Phi) is 3.91. The van der Waals surface area contributed by atoms with Gasteiger partial charge in [0, 0.05) is 17.7 Å². The van der Waals surface area contributed by atoms with Crippen molar-refractivity contribution in [2.75, 3.05) is 18.4 Å². The van der Waals surface area contributed by atoms with E-state index >= 15 is 0 Å². The van der Waals surface area contributed by atoms with Crippen molar-refractivity contribution in [2.45, 2.75) is 25.3 Å². The predicted octanol–water partition coefficient (Wildman–Crippen LogP) is 2.94. The highest BCUT2D eigenvalue weighted by molar-refractivity contribution is 6.31. The van der Waals surface area contributed by atoms with Crippen molar-refractivity contribution in [3.63, 3.8) is 0 Å². The number of halogens is 2. The molecule has 2 N–H and O–H groups in total. The van der Waals surface area contributed by atoms with Crippen LogP contribution in [0, 0.1) is 15.9 Å². The van der Waals surface area contributed by atoms with Gasteiger partial charge in [0.05, 0.1) is 9.95 Å². The van der Waals surface area contributed by atoms with E-state index in [1.165, 1.54) is 0 Å². The normalized spacial score (nSPS) is 18.1. The van der Waals surface area contributed by atoms with Crippen molar-refractivity contribution in [1.82, 2.24) is 5.32 Å². The fraction of sp³-hybridized carbons (Fsp3) is 0.500. The molecule has 1 aromatic carbocycles. The maximum absolute atomic E-state index is 13.5. The number of piperidine rings is 1. The van der Waals surface area contributed by atoms with Crippen LogP contribution in [0.1, 0.15) is 19.8 Å². The summed E-state index contributed by atoms with van der Waals surface area (Å²) in [7, 11) is 0. The summed E-state index contributed by atoms with van der Waals surface area (Å²) in [4.78, 5) is 10.4. The van der Waals surface area contributed by atoms with E-state index in [-0.39, 0.29) is 21.9 Å². The third kappa shape index (κ3) is 3.13. The van der Waals surface area contributed by atoms with Gasteiger partial charge in [-0.15, -0.1) is 0 Å². The summed E-state index contributed by atoms with van der Waals surface area (Å²) < 4.78 is 13.5. The van der Waals surface area contributed by atoms with E-state index in [0.29, 0.717) is 0 Å². The molecule has 1 aromatic rings. The molecular weight excluding hydrogens is 273 g/mol. The minimum atomic E-state index is -0.660. The minimum absolute atomic E-state index is 0.177.